The van der Waals surface area contributed by atoms with Crippen LogP contribution in [0.2, 0.25) is 0 Å². The highest BCUT2D eigenvalue weighted by Gasteiger charge is 2.27. The lowest BCUT2D eigenvalue weighted by atomic mass is 10.3. The summed E-state index contributed by atoms with van der Waals surface area (Å²) in [5.41, 5.74) is 7.01. The van der Waals surface area contributed by atoms with Gasteiger partial charge in [0.25, 0.3) is 0 Å². The van der Waals surface area contributed by atoms with Crippen LogP contribution in [-0.4, -0.2) is 9.55 Å². The Morgan fingerprint density at radius 2 is 2.25 bits per heavy atom. The first-order chi connectivity index (χ1) is 5.74. The molecule has 1 heterocycles. The van der Waals surface area contributed by atoms with Crippen LogP contribution in [0.15, 0.2) is 0 Å². The number of aromatic nitrogens is 2. The van der Waals surface area contributed by atoms with Crippen molar-refractivity contribution in [1.29, 1.82) is 0 Å². The van der Waals surface area contributed by atoms with Gasteiger partial charge >= 0.3 is 0 Å². The molecule has 0 unspecified atom stereocenters. The molecule has 0 spiro atoms. The summed E-state index contributed by atoms with van der Waals surface area (Å²) in [4.78, 5) is 4.43. The Morgan fingerprint density at radius 3 is 2.67 bits per heavy atom. The monoisotopic (exact) mass is 165 g/mol. The quantitative estimate of drug-likeness (QED) is 0.724. The predicted molar refractivity (Wildman–Crippen MR) is 49.0 cm³/mol. The normalized spacial score (nSPS) is 16.8. The van der Waals surface area contributed by atoms with Crippen molar-refractivity contribution in [2.75, 3.05) is 5.73 Å². The summed E-state index contributed by atoms with van der Waals surface area (Å²) < 4.78 is 2.18. The third kappa shape index (κ3) is 1.00. The van der Waals surface area contributed by atoms with E-state index in [0.717, 1.165) is 23.8 Å². The van der Waals surface area contributed by atoms with Crippen molar-refractivity contribution >= 4 is 5.82 Å². The number of nitrogens with two attached hydrogens (primary N) is 1. The summed E-state index contributed by atoms with van der Waals surface area (Å²) in [6.45, 7) is 4.13. The molecule has 1 aromatic heterocycles. The molecule has 3 nitrogen and oxygen atoms in total. The summed E-state index contributed by atoms with van der Waals surface area (Å²) in [6.07, 6.45) is 3.47. The molecule has 0 atom stereocenters. The molecule has 12 heavy (non-hydrogen) atoms. The highest BCUT2D eigenvalue weighted by atomic mass is 15.2. The molecule has 2 N–H and O–H groups in total. The topological polar surface area (TPSA) is 43.8 Å². The van der Waals surface area contributed by atoms with Crippen LogP contribution in [0.5, 0.6) is 0 Å². The van der Waals surface area contributed by atoms with Crippen molar-refractivity contribution in [2.24, 2.45) is 0 Å². The number of rotatable bonds is 2. The van der Waals surface area contributed by atoms with Crippen LogP contribution in [0.1, 0.15) is 37.3 Å². The van der Waals surface area contributed by atoms with Crippen LogP contribution in [0, 0.1) is 6.92 Å². The van der Waals surface area contributed by atoms with Gasteiger partial charge in [-0.2, -0.15) is 0 Å². The lowest BCUT2D eigenvalue weighted by Crippen LogP contribution is -2.02. The molecular weight excluding hydrogens is 150 g/mol. The maximum Gasteiger partial charge on any atom is 0.127 e. The summed E-state index contributed by atoms with van der Waals surface area (Å²) >= 11 is 0. The second-order valence-electron chi connectivity index (χ2n) is 3.45. The van der Waals surface area contributed by atoms with Crippen LogP contribution in [-0.2, 0) is 6.42 Å². The van der Waals surface area contributed by atoms with Gasteiger partial charge in [0.05, 0.1) is 5.69 Å². The first-order valence-corrected chi connectivity index (χ1v) is 4.57. The number of aryl methyl sites for hydroxylation is 2. The average molecular weight is 165 g/mol. The Kier molecular flexibility index (Phi) is 1.60. The highest BCUT2D eigenvalue weighted by Crippen LogP contribution is 2.38. The van der Waals surface area contributed by atoms with Crippen LogP contribution >= 0.6 is 0 Å². The van der Waals surface area contributed by atoms with Gasteiger partial charge in [-0.15, -0.1) is 0 Å². The third-order valence-electron chi connectivity index (χ3n) is 2.45. The number of imidazole rings is 1. The van der Waals surface area contributed by atoms with Crippen molar-refractivity contribution in [2.45, 2.75) is 39.2 Å². The SMILES string of the molecule is CCc1nc(C)n(C2CC2)c1N. The van der Waals surface area contributed by atoms with Crippen LogP contribution < -0.4 is 5.73 Å². The molecule has 0 aromatic carbocycles. The van der Waals surface area contributed by atoms with Crippen molar-refractivity contribution < 1.29 is 0 Å². The molecule has 1 saturated carbocycles. The van der Waals surface area contributed by atoms with Gasteiger partial charge in [0.15, 0.2) is 0 Å². The molecule has 0 bridgehead atoms. The minimum Gasteiger partial charge on any atom is -0.384 e. The van der Waals surface area contributed by atoms with Crippen molar-refractivity contribution in [3.8, 4) is 0 Å². The molecule has 1 aliphatic carbocycles. The van der Waals surface area contributed by atoms with E-state index in [1.54, 1.807) is 0 Å². The minimum atomic E-state index is 0.651. The van der Waals surface area contributed by atoms with Gasteiger partial charge in [0.1, 0.15) is 11.6 Å². The lowest BCUT2D eigenvalue weighted by Gasteiger charge is -2.04. The first-order valence-electron chi connectivity index (χ1n) is 4.57. The zero-order chi connectivity index (χ0) is 8.72. The third-order valence-corrected chi connectivity index (χ3v) is 2.45. The Labute approximate surface area is 72.6 Å². The fourth-order valence-corrected chi connectivity index (χ4v) is 1.67. The molecule has 0 saturated heterocycles. The summed E-state index contributed by atoms with van der Waals surface area (Å²) in [7, 11) is 0. The standard InChI is InChI=1S/C9H15N3/c1-3-8-9(10)12(6(2)11-8)7-4-5-7/h7H,3-5,10H2,1-2H3. The molecule has 0 radical (unpaired) electrons. The summed E-state index contributed by atoms with van der Waals surface area (Å²) in [6, 6.07) is 0.651. The van der Waals surface area contributed by atoms with Crippen LogP contribution in [0.25, 0.3) is 0 Å². The zero-order valence-corrected chi connectivity index (χ0v) is 7.67. The maximum atomic E-state index is 5.96. The van der Waals surface area contributed by atoms with E-state index in [2.05, 4.69) is 16.5 Å². The van der Waals surface area contributed by atoms with Gasteiger partial charge in [-0.3, -0.25) is 0 Å². The number of nitrogen functional groups attached to an aromatic ring is 1. The number of hydrogen-bond donors (Lipinski definition) is 1. The van der Waals surface area contributed by atoms with Crippen molar-refractivity contribution in [3.05, 3.63) is 11.5 Å². The van der Waals surface area contributed by atoms with Crippen molar-refractivity contribution in [1.82, 2.24) is 9.55 Å². The van der Waals surface area contributed by atoms with Crippen molar-refractivity contribution in [3.63, 3.8) is 0 Å². The van der Waals surface area contributed by atoms with Gasteiger partial charge in [-0.1, -0.05) is 6.92 Å². The van der Waals surface area contributed by atoms with E-state index in [4.69, 9.17) is 5.73 Å². The molecule has 1 aliphatic rings. The van der Waals surface area contributed by atoms with E-state index in [9.17, 15) is 0 Å². The smallest absolute Gasteiger partial charge is 0.127 e. The van der Waals surface area contributed by atoms with Gasteiger partial charge < -0.3 is 10.3 Å². The molecule has 0 amide bonds. The molecule has 3 heteroatoms. The van der Waals surface area contributed by atoms with E-state index in [-0.39, 0.29) is 0 Å². The summed E-state index contributed by atoms with van der Waals surface area (Å²) in [5, 5.41) is 0. The molecular formula is C9H15N3. The molecule has 1 aromatic rings. The Hall–Kier alpha value is -0.990. The fourth-order valence-electron chi connectivity index (χ4n) is 1.67. The lowest BCUT2D eigenvalue weighted by molar-refractivity contribution is 0.720. The molecule has 66 valence electrons. The predicted octanol–water partition coefficient (Wildman–Crippen LogP) is 1.67. The van der Waals surface area contributed by atoms with E-state index in [1.165, 1.54) is 12.8 Å². The minimum absolute atomic E-state index is 0.651. The van der Waals surface area contributed by atoms with Gasteiger partial charge in [0.2, 0.25) is 0 Å². The second-order valence-corrected chi connectivity index (χ2v) is 3.45. The Bertz CT molecular complexity index is 297. The Balaban J connectivity index is 2.44. The maximum absolute atomic E-state index is 5.96. The molecule has 2 rings (SSSR count). The highest BCUT2D eigenvalue weighted by molar-refractivity contribution is 5.39. The van der Waals surface area contributed by atoms with Crippen LogP contribution in [0.3, 0.4) is 0 Å². The zero-order valence-electron chi connectivity index (χ0n) is 7.67. The number of nitrogens with zero attached hydrogens (tertiary/aromatic N) is 2. The van der Waals surface area contributed by atoms with Crippen LogP contribution in [0.4, 0.5) is 5.82 Å². The van der Waals surface area contributed by atoms with Gasteiger partial charge in [-0.05, 0) is 26.2 Å². The van der Waals surface area contributed by atoms with E-state index in [0.29, 0.717) is 6.04 Å². The first kappa shape index (κ1) is 7.65. The molecule has 1 fully saturated rings. The van der Waals surface area contributed by atoms with E-state index >= 15 is 0 Å². The Morgan fingerprint density at radius 1 is 1.58 bits per heavy atom. The number of hydrogen-bond acceptors (Lipinski definition) is 2. The molecule has 0 aliphatic heterocycles. The van der Waals surface area contributed by atoms with Gasteiger partial charge in [-0.25, -0.2) is 4.98 Å². The summed E-state index contributed by atoms with van der Waals surface area (Å²) in [5.74, 6) is 1.96. The number of anilines is 1. The van der Waals surface area contributed by atoms with E-state index < -0.39 is 0 Å². The fraction of sp³-hybridized carbons (Fsp3) is 0.667. The largest absolute Gasteiger partial charge is 0.384 e. The second kappa shape index (κ2) is 2.51. The van der Waals surface area contributed by atoms with Gasteiger partial charge in [0, 0.05) is 6.04 Å². The van der Waals surface area contributed by atoms with E-state index in [1.807, 2.05) is 6.92 Å². The average Bonchev–Trinajstić information content (AvgIpc) is 2.80.